The van der Waals surface area contributed by atoms with E-state index in [0.717, 1.165) is 30.7 Å². The van der Waals surface area contributed by atoms with Crippen LogP contribution in [0.5, 0.6) is 5.75 Å². The van der Waals surface area contributed by atoms with Crippen molar-refractivity contribution >= 4 is 11.5 Å². The molecule has 27 heavy (non-hydrogen) atoms. The Bertz CT molecular complexity index is 872. The number of anilines is 1. The Kier molecular flexibility index (Phi) is 4.68. The summed E-state index contributed by atoms with van der Waals surface area (Å²) in [5.74, 6) is 2.09. The highest BCUT2D eigenvalue weighted by molar-refractivity contribution is 5.96. The topological polar surface area (TPSA) is 35.7 Å². The summed E-state index contributed by atoms with van der Waals surface area (Å²) >= 11 is 0. The summed E-state index contributed by atoms with van der Waals surface area (Å²) < 4.78 is 7.79. The van der Waals surface area contributed by atoms with Crippen LogP contribution in [-0.2, 0) is 5.72 Å². The fourth-order valence-corrected chi connectivity index (χ4v) is 4.36. The SMILES string of the molecule is CCOc1ccc(C2(O)CN(c3cc(C)ccc3C)C3=[N+]2CCCC3)cc1. The molecular formula is C23H29N2O2+. The molecule has 2 aliphatic rings. The third kappa shape index (κ3) is 3.12. The van der Waals surface area contributed by atoms with Crippen molar-refractivity contribution in [3.63, 3.8) is 0 Å². The predicted molar refractivity (Wildman–Crippen MR) is 109 cm³/mol. The van der Waals surface area contributed by atoms with E-state index in [0.29, 0.717) is 13.2 Å². The Morgan fingerprint density at radius 3 is 2.63 bits per heavy atom. The van der Waals surface area contributed by atoms with E-state index < -0.39 is 5.72 Å². The van der Waals surface area contributed by atoms with E-state index in [1.54, 1.807) is 0 Å². The van der Waals surface area contributed by atoms with Gasteiger partial charge in [0.25, 0.3) is 11.6 Å². The quantitative estimate of drug-likeness (QED) is 0.833. The summed E-state index contributed by atoms with van der Waals surface area (Å²) in [6.07, 6.45) is 3.29. The number of rotatable bonds is 4. The molecule has 4 nitrogen and oxygen atoms in total. The number of ether oxygens (including phenoxy) is 1. The van der Waals surface area contributed by atoms with Crippen molar-refractivity contribution in [1.29, 1.82) is 0 Å². The Hall–Kier alpha value is -2.33. The van der Waals surface area contributed by atoms with Crippen LogP contribution < -0.4 is 9.64 Å². The van der Waals surface area contributed by atoms with Crippen LogP contribution in [0, 0.1) is 13.8 Å². The van der Waals surface area contributed by atoms with E-state index in [1.165, 1.54) is 29.1 Å². The van der Waals surface area contributed by atoms with Gasteiger partial charge in [0.2, 0.25) is 0 Å². The number of nitrogens with zero attached hydrogens (tertiary/aromatic N) is 2. The van der Waals surface area contributed by atoms with E-state index in [9.17, 15) is 5.11 Å². The van der Waals surface area contributed by atoms with Crippen LogP contribution in [0.25, 0.3) is 0 Å². The van der Waals surface area contributed by atoms with Crippen molar-refractivity contribution in [2.45, 2.75) is 45.8 Å². The van der Waals surface area contributed by atoms with Crippen molar-refractivity contribution < 1.29 is 14.4 Å². The third-order valence-corrected chi connectivity index (χ3v) is 5.76. The van der Waals surface area contributed by atoms with Crippen LogP contribution in [0.3, 0.4) is 0 Å². The van der Waals surface area contributed by atoms with Gasteiger partial charge in [-0.25, -0.2) is 9.48 Å². The first-order valence-corrected chi connectivity index (χ1v) is 9.97. The first-order valence-electron chi connectivity index (χ1n) is 9.97. The maximum Gasteiger partial charge on any atom is 0.271 e. The second-order valence-corrected chi connectivity index (χ2v) is 7.68. The molecule has 142 valence electrons. The van der Waals surface area contributed by atoms with E-state index in [2.05, 4.69) is 41.5 Å². The highest BCUT2D eigenvalue weighted by atomic mass is 16.5. The van der Waals surface area contributed by atoms with E-state index in [-0.39, 0.29) is 0 Å². The fraction of sp³-hybridized carbons (Fsp3) is 0.435. The molecule has 0 saturated carbocycles. The van der Waals surface area contributed by atoms with Gasteiger partial charge in [0.1, 0.15) is 11.4 Å². The smallest absolute Gasteiger partial charge is 0.271 e. The lowest BCUT2D eigenvalue weighted by atomic mass is 10.0. The van der Waals surface area contributed by atoms with Gasteiger partial charge in [-0.15, -0.1) is 0 Å². The number of amidine groups is 1. The molecule has 0 bridgehead atoms. The highest BCUT2D eigenvalue weighted by Gasteiger charge is 2.52. The number of aryl methyl sites for hydroxylation is 2. The van der Waals surface area contributed by atoms with Gasteiger partial charge in [0.05, 0.1) is 13.2 Å². The highest BCUT2D eigenvalue weighted by Crippen LogP contribution is 2.37. The molecule has 0 spiro atoms. The van der Waals surface area contributed by atoms with Crippen LogP contribution >= 0.6 is 0 Å². The van der Waals surface area contributed by atoms with E-state index in [1.807, 2.05) is 31.2 Å². The molecule has 4 rings (SSSR count). The van der Waals surface area contributed by atoms with E-state index in [4.69, 9.17) is 4.74 Å². The molecule has 0 aromatic heterocycles. The lowest BCUT2D eigenvalue weighted by Gasteiger charge is -2.24. The summed E-state index contributed by atoms with van der Waals surface area (Å²) in [5.41, 5.74) is 3.62. The number of hydrogen-bond acceptors (Lipinski definition) is 3. The monoisotopic (exact) mass is 365 g/mol. The van der Waals surface area contributed by atoms with Gasteiger partial charge in [0, 0.05) is 12.0 Å². The molecule has 2 aliphatic heterocycles. The van der Waals surface area contributed by atoms with Gasteiger partial charge in [-0.2, -0.15) is 0 Å². The maximum atomic E-state index is 11.8. The van der Waals surface area contributed by atoms with Crippen molar-refractivity contribution in [3.8, 4) is 5.75 Å². The Morgan fingerprint density at radius 1 is 1.11 bits per heavy atom. The zero-order valence-corrected chi connectivity index (χ0v) is 16.5. The molecule has 0 amide bonds. The largest absolute Gasteiger partial charge is 0.494 e. The van der Waals surface area contributed by atoms with Crippen molar-refractivity contribution in [2.75, 3.05) is 24.6 Å². The standard InChI is InChI=1S/C23H29N2O2/c1-4-27-20-12-10-19(11-13-20)23(26)16-24(22-7-5-6-14-25(22)23)21-15-17(2)8-9-18(21)3/h8-13,15,26H,4-7,14,16H2,1-3H3/q+1. The van der Waals surface area contributed by atoms with Crippen LogP contribution in [0.1, 0.15) is 42.9 Å². The van der Waals surface area contributed by atoms with Gasteiger partial charge in [0.15, 0.2) is 6.54 Å². The normalized spacial score (nSPS) is 22.1. The molecule has 2 aromatic rings. The van der Waals surface area contributed by atoms with Gasteiger partial charge < -0.3 is 9.84 Å². The number of β-amino-alcohol motifs (C(OH)–C–C–N with tert-alkyl or cyclic N) is 1. The third-order valence-electron chi connectivity index (χ3n) is 5.76. The number of benzene rings is 2. The summed E-state index contributed by atoms with van der Waals surface area (Å²) in [6, 6.07) is 14.5. The van der Waals surface area contributed by atoms with Crippen molar-refractivity contribution in [2.24, 2.45) is 0 Å². The summed E-state index contributed by atoms with van der Waals surface area (Å²) in [6.45, 7) is 8.35. The number of aliphatic hydroxyl groups is 1. The molecule has 1 atom stereocenters. The van der Waals surface area contributed by atoms with Crippen LogP contribution in [-0.4, -0.2) is 35.2 Å². The zero-order chi connectivity index (χ0) is 19.0. The number of hydrogen-bond donors (Lipinski definition) is 1. The minimum absolute atomic E-state index is 0.556. The molecule has 2 aromatic carbocycles. The molecule has 0 saturated heterocycles. The molecular weight excluding hydrogens is 336 g/mol. The molecule has 1 N–H and O–H groups in total. The van der Waals surface area contributed by atoms with Gasteiger partial charge in [-0.05, 0) is 75.1 Å². The van der Waals surface area contributed by atoms with Gasteiger partial charge >= 0.3 is 0 Å². The Balaban J connectivity index is 1.76. The predicted octanol–water partition coefficient (Wildman–Crippen LogP) is 3.96. The summed E-state index contributed by atoms with van der Waals surface area (Å²) in [7, 11) is 0. The summed E-state index contributed by atoms with van der Waals surface area (Å²) in [4.78, 5) is 2.33. The average molecular weight is 365 g/mol. The Labute approximate surface area is 161 Å². The molecule has 1 unspecified atom stereocenters. The van der Waals surface area contributed by atoms with Crippen molar-refractivity contribution in [1.82, 2.24) is 0 Å². The maximum absolute atomic E-state index is 11.8. The lowest BCUT2D eigenvalue weighted by Crippen LogP contribution is -2.41. The van der Waals surface area contributed by atoms with Crippen molar-refractivity contribution in [3.05, 3.63) is 59.2 Å². The van der Waals surface area contributed by atoms with Gasteiger partial charge in [-0.3, -0.25) is 0 Å². The second-order valence-electron chi connectivity index (χ2n) is 7.68. The van der Waals surface area contributed by atoms with Gasteiger partial charge in [-0.1, -0.05) is 12.1 Å². The van der Waals surface area contributed by atoms with Crippen LogP contribution in [0.15, 0.2) is 42.5 Å². The fourth-order valence-electron chi connectivity index (χ4n) is 4.36. The minimum atomic E-state index is -1.00. The minimum Gasteiger partial charge on any atom is -0.494 e. The molecule has 0 aliphatic carbocycles. The second kappa shape index (κ2) is 7.01. The first kappa shape index (κ1) is 18.1. The van der Waals surface area contributed by atoms with E-state index >= 15 is 0 Å². The lowest BCUT2D eigenvalue weighted by molar-refractivity contribution is -0.661. The first-order chi connectivity index (χ1) is 13.0. The van der Waals surface area contributed by atoms with Crippen LogP contribution in [0.2, 0.25) is 0 Å². The molecule has 0 radical (unpaired) electrons. The van der Waals surface area contributed by atoms with Crippen LogP contribution in [0.4, 0.5) is 5.69 Å². The molecule has 0 fully saturated rings. The Morgan fingerprint density at radius 2 is 1.89 bits per heavy atom. The zero-order valence-electron chi connectivity index (χ0n) is 16.5. The molecule has 2 heterocycles. The average Bonchev–Trinajstić information content (AvgIpc) is 2.99. The summed E-state index contributed by atoms with van der Waals surface area (Å²) in [5, 5.41) is 11.8. The molecule has 4 heteroatoms.